The smallest absolute Gasteiger partial charge is 0.326 e. The van der Waals surface area contributed by atoms with Crippen LogP contribution in [0.3, 0.4) is 0 Å². The summed E-state index contributed by atoms with van der Waals surface area (Å²) in [6, 6.07) is 3.98. The van der Waals surface area contributed by atoms with Crippen molar-refractivity contribution in [1.29, 1.82) is 0 Å². The molecule has 1 aliphatic carbocycles. The second kappa shape index (κ2) is 6.54. The first kappa shape index (κ1) is 15.9. The molecule has 1 fully saturated rings. The molecule has 0 bridgehead atoms. The molecular weight excluding hydrogens is 317 g/mol. The second-order valence-electron chi connectivity index (χ2n) is 4.89. The Morgan fingerprint density at radius 1 is 1.38 bits per heavy atom. The highest BCUT2D eigenvalue weighted by molar-refractivity contribution is 6.37. The lowest BCUT2D eigenvalue weighted by Gasteiger charge is -2.26. The highest BCUT2D eigenvalue weighted by Crippen LogP contribution is 2.33. The van der Waals surface area contributed by atoms with Crippen LogP contribution in [0.15, 0.2) is 18.2 Å². The van der Waals surface area contributed by atoms with Gasteiger partial charge in [-0.15, -0.1) is 0 Å². The SMILES string of the molecule is CC(C(=O)O)N(C(=O)COc1c(Cl)cccc1Cl)C1CC1. The molecule has 0 saturated heterocycles. The number of carbonyl (C=O) groups is 2. The van der Waals surface area contributed by atoms with E-state index in [-0.39, 0.29) is 24.3 Å². The first-order valence-corrected chi connectivity index (χ1v) is 7.28. The van der Waals surface area contributed by atoms with Gasteiger partial charge in [0.05, 0.1) is 10.0 Å². The zero-order valence-electron chi connectivity index (χ0n) is 11.4. The molecule has 0 aromatic heterocycles. The molecule has 7 heteroatoms. The fourth-order valence-electron chi connectivity index (χ4n) is 2.04. The van der Waals surface area contributed by atoms with Gasteiger partial charge in [0.15, 0.2) is 12.4 Å². The second-order valence-corrected chi connectivity index (χ2v) is 5.70. The number of hydrogen-bond acceptors (Lipinski definition) is 3. The molecule has 21 heavy (non-hydrogen) atoms. The standard InChI is InChI=1S/C14H15Cl2NO4/c1-8(14(19)20)17(9-5-6-9)12(18)7-21-13-10(15)3-2-4-11(13)16/h2-4,8-9H,5-7H2,1H3,(H,19,20). The van der Waals surface area contributed by atoms with Crippen molar-refractivity contribution in [1.82, 2.24) is 4.90 Å². The van der Waals surface area contributed by atoms with Gasteiger partial charge in [0.25, 0.3) is 5.91 Å². The summed E-state index contributed by atoms with van der Waals surface area (Å²) in [5.41, 5.74) is 0. The van der Waals surface area contributed by atoms with Gasteiger partial charge in [0, 0.05) is 6.04 Å². The van der Waals surface area contributed by atoms with Crippen molar-refractivity contribution in [2.24, 2.45) is 0 Å². The Hall–Kier alpha value is -1.46. The molecule has 1 aliphatic rings. The molecule has 0 radical (unpaired) electrons. The number of carboxylic acid groups (broad SMARTS) is 1. The predicted octanol–water partition coefficient (Wildman–Crippen LogP) is 2.84. The summed E-state index contributed by atoms with van der Waals surface area (Å²) in [5, 5.41) is 9.68. The zero-order valence-corrected chi connectivity index (χ0v) is 12.9. The van der Waals surface area contributed by atoms with E-state index in [4.69, 9.17) is 33.0 Å². The van der Waals surface area contributed by atoms with Gasteiger partial charge >= 0.3 is 5.97 Å². The maximum atomic E-state index is 12.2. The normalized spacial score (nSPS) is 15.4. The number of halogens is 2. The average molecular weight is 332 g/mol. The van der Waals surface area contributed by atoms with E-state index in [9.17, 15) is 9.59 Å². The maximum absolute atomic E-state index is 12.2. The van der Waals surface area contributed by atoms with Crippen molar-refractivity contribution >= 4 is 35.1 Å². The van der Waals surface area contributed by atoms with E-state index in [1.54, 1.807) is 18.2 Å². The summed E-state index contributed by atoms with van der Waals surface area (Å²) in [4.78, 5) is 24.7. The summed E-state index contributed by atoms with van der Waals surface area (Å²) in [6.45, 7) is 1.19. The zero-order chi connectivity index (χ0) is 15.6. The number of benzene rings is 1. The molecule has 1 aromatic rings. The Bertz CT molecular complexity index is 540. The molecule has 1 atom stereocenters. The molecular formula is C14H15Cl2NO4. The minimum absolute atomic E-state index is 0.0195. The maximum Gasteiger partial charge on any atom is 0.326 e. The highest BCUT2D eigenvalue weighted by Gasteiger charge is 2.38. The van der Waals surface area contributed by atoms with E-state index in [0.717, 1.165) is 12.8 Å². The first-order chi connectivity index (χ1) is 9.91. The van der Waals surface area contributed by atoms with Crippen LogP contribution in [0.5, 0.6) is 5.75 Å². The monoisotopic (exact) mass is 331 g/mol. The topological polar surface area (TPSA) is 66.8 Å². The Morgan fingerprint density at radius 2 is 1.95 bits per heavy atom. The first-order valence-electron chi connectivity index (χ1n) is 6.52. The summed E-state index contributed by atoms with van der Waals surface area (Å²) in [5.74, 6) is -1.19. The predicted molar refractivity (Wildman–Crippen MR) is 78.9 cm³/mol. The van der Waals surface area contributed by atoms with E-state index in [1.165, 1.54) is 11.8 Å². The van der Waals surface area contributed by atoms with Crippen LogP contribution in [-0.2, 0) is 9.59 Å². The Morgan fingerprint density at radius 3 is 2.43 bits per heavy atom. The van der Waals surface area contributed by atoms with E-state index in [1.807, 2.05) is 0 Å². The Kier molecular flexibility index (Phi) is 4.96. The van der Waals surface area contributed by atoms with Gasteiger partial charge in [0.1, 0.15) is 6.04 Å². The summed E-state index contributed by atoms with van der Waals surface area (Å²) < 4.78 is 5.37. The summed E-state index contributed by atoms with van der Waals surface area (Å²) in [7, 11) is 0. The molecule has 1 aromatic carbocycles. The molecule has 1 saturated carbocycles. The van der Waals surface area contributed by atoms with Crippen LogP contribution in [0.25, 0.3) is 0 Å². The van der Waals surface area contributed by atoms with Crippen LogP contribution in [-0.4, -0.2) is 40.6 Å². The molecule has 0 spiro atoms. The fourth-order valence-corrected chi connectivity index (χ4v) is 2.54. The van der Waals surface area contributed by atoms with Crippen LogP contribution in [0.1, 0.15) is 19.8 Å². The Balaban J connectivity index is 2.04. The number of aliphatic carboxylic acids is 1. The van der Waals surface area contributed by atoms with E-state index in [0.29, 0.717) is 10.0 Å². The Labute approximate surface area is 132 Å². The molecule has 114 valence electrons. The highest BCUT2D eigenvalue weighted by atomic mass is 35.5. The number of para-hydroxylation sites is 1. The number of ether oxygens (including phenoxy) is 1. The molecule has 1 N–H and O–H groups in total. The van der Waals surface area contributed by atoms with Crippen molar-refractivity contribution in [2.75, 3.05) is 6.61 Å². The average Bonchev–Trinajstić information content (AvgIpc) is 3.22. The summed E-state index contributed by atoms with van der Waals surface area (Å²) in [6.07, 6.45) is 1.63. The number of hydrogen-bond donors (Lipinski definition) is 1. The van der Waals surface area contributed by atoms with Gasteiger partial charge in [-0.05, 0) is 31.9 Å². The van der Waals surface area contributed by atoms with Gasteiger partial charge in [-0.2, -0.15) is 0 Å². The molecule has 1 unspecified atom stereocenters. The van der Waals surface area contributed by atoms with Crippen LogP contribution >= 0.6 is 23.2 Å². The lowest BCUT2D eigenvalue weighted by molar-refractivity contribution is -0.150. The summed E-state index contributed by atoms with van der Waals surface area (Å²) >= 11 is 11.9. The number of carbonyl (C=O) groups excluding carboxylic acids is 1. The van der Waals surface area contributed by atoms with Gasteiger partial charge in [-0.1, -0.05) is 29.3 Å². The fraction of sp³-hybridized carbons (Fsp3) is 0.429. The van der Waals surface area contributed by atoms with Gasteiger partial charge in [0.2, 0.25) is 0 Å². The lowest BCUT2D eigenvalue weighted by atomic mass is 10.2. The molecule has 0 aliphatic heterocycles. The molecule has 5 nitrogen and oxygen atoms in total. The lowest BCUT2D eigenvalue weighted by Crippen LogP contribution is -2.46. The van der Waals surface area contributed by atoms with Crippen LogP contribution in [0, 0.1) is 0 Å². The van der Waals surface area contributed by atoms with Crippen LogP contribution < -0.4 is 4.74 Å². The van der Waals surface area contributed by atoms with E-state index >= 15 is 0 Å². The van der Waals surface area contributed by atoms with E-state index in [2.05, 4.69) is 0 Å². The molecule has 0 heterocycles. The van der Waals surface area contributed by atoms with Crippen molar-refractivity contribution in [3.05, 3.63) is 28.2 Å². The third kappa shape index (κ3) is 3.80. The van der Waals surface area contributed by atoms with Crippen molar-refractivity contribution in [3.8, 4) is 5.75 Å². The third-order valence-corrected chi connectivity index (χ3v) is 3.86. The van der Waals surface area contributed by atoms with Gasteiger partial charge < -0.3 is 14.7 Å². The quantitative estimate of drug-likeness (QED) is 0.870. The van der Waals surface area contributed by atoms with Crippen LogP contribution in [0.2, 0.25) is 10.0 Å². The van der Waals surface area contributed by atoms with Gasteiger partial charge in [-0.25, -0.2) is 4.79 Å². The minimum Gasteiger partial charge on any atom is -0.481 e. The van der Waals surface area contributed by atoms with Crippen molar-refractivity contribution in [3.63, 3.8) is 0 Å². The number of nitrogens with zero attached hydrogens (tertiary/aromatic N) is 1. The molecule has 1 amide bonds. The van der Waals surface area contributed by atoms with Gasteiger partial charge in [-0.3, -0.25) is 4.79 Å². The third-order valence-electron chi connectivity index (χ3n) is 3.26. The minimum atomic E-state index is -1.04. The molecule has 2 rings (SSSR count). The number of amides is 1. The van der Waals surface area contributed by atoms with Crippen molar-refractivity contribution < 1.29 is 19.4 Å². The number of rotatable bonds is 6. The largest absolute Gasteiger partial charge is 0.481 e. The van der Waals surface area contributed by atoms with E-state index < -0.39 is 12.0 Å². The van der Waals surface area contributed by atoms with Crippen molar-refractivity contribution in [2.45, 2.75) is 31.8 Å². The van der Waals surface area contributed by atoms with Crippen LogP contribution in [0.4, 0.5) is 0 Å². The number of carboxylic acids is 1.